The highest BCUT2D eigenvalue weighted by atomic mass is 16.5. The van der Waals surface area contributed by atoms with Crippen molar-refractivity contribution in [3.63, 3.8) is 0 Å². The summed E-state index contributed by atoms with van der Waals surface area (Å²) in [5.41, 5.74) is 1.30. The third-order valence-electron chi connectivity index (χ3n) is 6.58. The summed E-state index contributed by atoms with van der Waals surface area (Å²) in [6, 6.07) is 11.9. The first-order valence-corrected chi connectivity index (χ1v) is 11.6. The van der Waals surface area contributed by atoms with E-state index in [1.54, 1.807) is 43.2 Å². The molecule has 1 N–H and O–H groups in total. The highest BCUT2D eigenvalue weighted by molar-refractivity contribution is 6.11. The molecule has 0 bridgehead atoms. The molecule has 4 rings (SSSR count). The van der Waals surface area contributed by atoms with Crippen LogP contribution < -0.4 is 19.7 Å². The van der Waals surface area contributed by atoms with Gasteiger partial charge in [-0.3, -0.25) is 14.5 Å². The van der Waals surface area contributed by atoms with Gasteiger partial charge in [-0.2, -0.15) is 0 Å². The zero-order valence-electron chi connectivity index (χ0n) is 21.0. The molecular formula is C27H31N3O5. The summed E-state index contributed by atoms with van der Waals surface area (Å²) in [6.07, 6.45) is 2.01. The Labute approximate surface area is 205 Å². The van der Waals surface area contributed by atoms with Gasteiger partial charge >= 0.3 is 6.03 Å². The quantitative estimate of drug-likeness (QED) is 0.633. The first-order valence-electron chi connectivity index (χ1n) is 11.6. The number of methoxy groups -OCH3 is 1. The van der Waals surface area contributed by atoms with Crippen LogP contribution in [0.4, 0.5) is 10.5 Å². The van der Waals surface area contributed by atoms with Gasteiger partial charge < -0.3 is 19.7 Å². The minimum atomic E-state index is -1.28. The third kappa shape index (κ3) is 4.13. The molecule has 2 aliphatic heterocycles. The van der Waals surface area contributed by atoms with Crippen molar-refractivity contribution in [3.8, 4) is 11.5 Å². The molecule has 0 radical (unpaired) electrons. The summed E-state index contributed by atoms with van der Waals surface area (Å²) in [4.78, 5) is 42.5. The Kier molecular flexibility index (Phi) is 6.09. The van der Waals surface area contributed by atoms with E-state index in [1.807, 2.05) is 52.0 Å². The molecule has 0 unspecified atom stereocenters. The second-order valence-electron chi connectivity index (χ2n) is 9.50. The minimum Gasteiger partial charge on any atom is -0.497 e. The lowest BCUT2D eigenvalue weighted by molar-refractivity contribution is -0.134. The number of nitrogens with one attached hydrogen (secondary N) is 1. The Hall–Kier alpha value is -3.81. The van der Waals surface area contributed by atoms with E-state index in [9.17, 15) is 14.4 Å². The highest BCUT2D eigenvalue weighted by Gasteiger charge is 2.50. The number of nitrogens with zero attached hydrogens (tertiary/aromatic N) is 2. The number of urea groups is 1. The van der Waals surface area contributed by atoms with Gasteiger partial charge in [-0.05, 0) is 76.1 Å². The van der Waals surface area contributed by atoms with Gasteiger partial charge in [-0.25, -0.2) is 4.79 Å². The average molecular weight is 478 g/mol. The number of amides is 4. The molecule has 0 spiro atoms. The lowest BCUT2D eigenvalue weighted by atomic mass is 9.88. The van der Waals surface area contributed by atoms with Crippen molar-refractivity contribution in [2.45, 2.75) is 45.7 Å². The molecule has 2 aliphatic rings. The van der Waals surface area contributed by atoms with Gasteiger partial charge in [-0.1, -0.05) is 18.2 Å². The largest absolute Gasteiger partial charge is 0.497 e. The number of anilines is 1. The number of ether oxygens (including phenoxy) is 2. The fourth-order valence-corrected chi connectivity index (χ4v) is 4.89. The highest BCUT2D eigenvalue weighted by Crippen LogP contribution is 2.41. The first kappa shape index (κ1) is 24.3. The first-order chi connectivity index (χ1) is 16.5. The van der Waals surface area contributed by atoms with E-state index in [4.69, 9.17) is 9.47 Å². The summed E-state index contributed by atoms with van der Waals surface area (Å²) < 4.78 is 10.8. The number of rotatable bonds is 6. The molecule has 2 aromatic carbocycles. The van der Waals surface area contributed by atoms with Gasteiger partial charge in [0.15, 0.2) is 0 Å². The fraction of sp³-hybridized carbons (Fsp3) is 0.370. The van der Waals surface area contributed by atoms with Gasteiger partial charge in [0.05, 0.1) is 24.9 Å². The molecule has 184 valence electrons. The fourth-order valence-electron chi connectivity index (χ4n) is 4.89. The van der Waals surface area contributed by atoms with Crippen molar-refractivity contribution < 1.29 is 23.9 Å². The van der Waals surface area contributed by atoms with Gasteiger partial charge in [0.1, 0.15) is 23.6 Å². The third-order valence-corrected chi connectivity index (χ3v) is 6.58. The molecule has 2 heterocycles. The summed E-state index contributed by atoms with van der Waals surface area (Å²) in [7, 11) is 1.56. The van der Waals surface area contributed by atoms with Crippen molar-refractivity contribution in [1.29, 1.82) is 0 Å². The number of allylic oxidation sites excluding steroid dienone is 1. The minimum absolute atomic E-state index is 0.355. The molecule has 0 saturated carbocycles. The van der Waals surface area contributed by atoms with Crippen LogP contribution in [0, 0.1) is 0 Å². The number of fused-ring (bicyclic) bond motifs is 1. The van der Waals surface area contributed by atoms with Crippen molar-refractivity contribution in [3.05, 3.63) is 59.7 Å². The molecule has 1 fully saturated rings. The maximum Gasteiger partial charge on any atom is 0.325 e. The van der Waals surface area contributed by atoms with Gasteiger partial charge in [0, 0.05) is 5.56 Å². The predicted molar refractivity (Wildman–Crippen MR) is 133 cm³/mol. The maximum atomic E-state index is 13.6. The number of hydrogen-bond donors (Lipinski definition) is 1. The van der Waals surface area contributed by atoms with E-state index in [0.717, 1.165) is 21.8 Å². The molecular weight excluding hydrogens is 446 g/mol. The predicted octanol–water partition coefficient (Wildman–Crippen LogP) is 4.09. The van der Waals surface area contributed by atoms with Crippen LogP contribution in [-0.2, 0) is 15.1 Å². The van der Waals surface area contributed by atoms with Crippen LogP contribution in [0.25, 0.3) is 5.57 Å². The van der Waals surface area contributed by atoms with E-state index >= 15 is 0 Å². The van der Waals surface area contributed by atoms with Crippen LogP contribution in [0.1, 0.15) is 45.7 Å². The summed E-state index contributed by atoms with van der Waals surface area (Å²) in [5.74, 6) is 0.527. The maximum absolute atomic E-state index is 13.6. The topological polar surface area (TPSA) is 88.2 Å². The molecule has 35 heavy (non-hydrogen) atoms. The molecule has 0 aromatic heterocycles. The van der Waals surface area contributed by atoms with Gasteiger partial charge in [0.25, 0.3) is 5.91 Å². The number of carbonyl (C=O) groups excluding carboxylic acids is 3. The van der Waals surface area contributed by atoms with Crippen LogP contribution in [0.15, 0.2) is 48.5 Å². The van der Waals surface area contributed by atoms with E-state index in [2.05, 4.69) is 5.32 Å². The second kappa shape index (κ2) is 8.76. The Morgan fingerprint density at radius 3 is 2.31 bits per heavy atom. The van der Waals surface area contributed by atoms with E-state index in [-0.39, 0.29) is 12.5 Å². The van der Waals surface area contributed by atoms with Crippen LogP contribution in [0.2, 0.25) is 0 Å². The molecule has 8 heteroatoms. The molecule has 0 aliphatic carbocycles. The van der Waals surface area contributed by atoms with E-state index in [1.165, 1.54) is 0 Å². The van der Waals surface area contributed by atoms with Crippen LogP contribution >= 0.6 is 0 Å². The Balaban J connectivity index is 1.63. The summed E-state index contributed by atoms with van der Waals surface area (Å²) in [6.45, 7) is 9.58. The Morgan fingerprint density at radius 1 is 1.03 bits per heavy atom. The van der Waals surface area contributed by atoms with Crippen molar-refractivity contribution in [2.75, 3.05) is 25.2 Å². The standard InChI is InChI=1S/C27H31N3O5/c1-7-35-20-12-13-22-21(14-20)17(2)15-26(3,4)30(22)23(31)16-29-24(32)27(5,28-25(29)33)18-8-10-19(34-6)11-9-18/h8-15H,7,16H2,1-6H3,(H,28,33)/t27-/m1/s1. The van der Waals surface area contributed by atoms with Crippen molar-refractivity contribution >= 4 is 29.1 Å². The number of imide groups is 1. The van der Waals surface area contributed by atoms with Crippen LogP contribution in [-0.4, -0.2) is 48.5 Å². The van der Waals surface area contributed by atoms with Crippen molar-refractivity contribution in [2.24, 2.45) is 0 Å². The lowest BCUT2D eigenvalue weighted by Gasteiger charge is -2.42. The van der Waals surface area contributed by atoms with Gasteiger partial charge in [0.2, 0.25) is 5.91 Å². The van der Waals surface area contributed by atoms with Crippen LogP contribution in [0.5, 0.6) is 11.5 Å². The smallest absolute Gasteiger partial charge is 0.325 e. The van der Waals surface area contributed by atoms with Crippen molar-refractivity contribution in [1.82, 2.24) is 10.2 Å². The average Bonchev–Trinajstić information content (AvgIpc) is 3.03. The van der Waals surface area contributed by atoms with E-state index in [0.29, 0.717) is 23.6 Å². The molecule has 1 atom stereocenters. The van der Waals surface area contributed by atoms with E-state index < -0.39 is 23.0 Å². The second-order valence-corrected chi connectivity index (χ2v) is 9.50. The Bertz CT molecular complexity index is 1220. The normalized spacial score (nSPS) is 20.8. The molecule has 2 aromatic rings. The summed E-state index contributed by atoms with van der Waals surface area (Å²) in [5, 5.41) is 2.76. The monoisotopic (exact) mass is 477 g/mol. The number of carbonyl (C=O) groups is 3. The van der Waals surface area contributed by atoms with Gasteiger partial charge in [-0.15, -0.1) is 0 Å². The summed E-state index contributed by atoms with van der Waals surface area (Å²) >= 11 is 0. The number of hydrogen-bond acceptors (Lipinski definition) is 5. The zero-order chi connectivity index (χ0) is 25.5. The molecule has 1 saturated heterocycles. The lowest BCUT2D eigenvalue weighted by Crippen LogP contribution is -2.53. The molecule has 4 amide bonds. The molecule has 8 nitrogen and oxygen atoms in total. The van der Waals surface area contributed by atoms with Crippen LogP contribution in [0.3, 0.4) is 0 Å². The SMILES string of the molecule is CCOc1ccc2c(c1)C(C)=CC(C)(C)N2C(=O)CN1C(=O)N[C@](C)(c2ccc(OC)cc2)C1=O. The zero-order valence-corrected chi connectivity index (χ0v) is 21.0. The Morgan fingerprint density at radius 2 is 1.69 bits per heavy atom. The number of benzene rings is 2.